The molecule has 0 unspecified atom stereocenters. The van der Waals surface area contributed by atoms with E-state index in [0.29, 0.717) is 0 Å². The topological polar surface area (TPSA) is 3.24 Å². The van der Waals surface area contributed by atoms with Crippen LogP contribution in [0.3, 0.4) is 0 Å². The average molecular weight is 730 g/mol. The summed E-state index contributed by atoms with van der Waals surface area (Å²) in [6.45, 7) is 4.63. The lowest BCUT2D eigenvalue weighted by Crippen LogP contribution is -2.13. The van der Waals surface area contributed by atoms with E-state index >= 15 is 0 Å². The van der Waals surface area contributed by atoms with E-state index in [1.165, 1.54) is 70.9 Å². The first-order chi connectivity index (χ1) is 28.2. The second-order valence-electron chi connectivity index (χ2n) is 14.5. The number of benzene rings is 9. The first-order valence-corrected chi connectivity index (χ1v) is 19.7. The van der Waals surface area contributed by atoms with Gasteiger partial charge in [0.2, 0.25) is 0 Å². The van der Waals surface area contributed by atoms with Crippen molar-refractivity contribution < 1.29 is 0 Å². The Balaban J connectivity index is 1.08. The van der Waals surface area contributed by atoms with Gasteiger partial charge in [0, 0.05) is 23.5 Å². The van der Waals surface area contributed by atoms with Gasteiger partial charge in [-0.3, -0.25) is 0 Å². The van der Waals surface area contributed by atoms with E-state index in [0.717, 1.165) is 17.8 Å². The van der Waals surface area contributed by atoms with Gasteiger partial charge in [0.05, 0.1) is 0 Å². The number of fused-ring (bicyclic) bond motifs is 6. The molecule has 9 aromatic carbocycles. The Morgan fingerprint density at radius 1 is 0.491 bits per heavy atom. The van der Waals surface area contributed by atoms with Gasteiger partial charge in [0.25, 0.3) is 0 Å². The van der Waals surface area contributed by atoms with Crippen LogP contribution >= 0.6 is 0 Å². The fourth-order valence-corrected chi connectivity index (χ4v) is 8.23. The molecular weight excluding hydrogens is 687 g/mol. The smallest absolute Gasteiger partial charge is 0.0461 e. The third-order valence-electron chi connectivity index (χ3n) is 11.0. The third-order valence-corrected chi connectivity index (χ3v) is 11.0. The van der Waals surface area contributed by atoms with Crippen LogP contribution in [0.4, 0.5) is 5.69 Å². The van der Waals surface area contributed by atoms with E-state index in [1.807, 2.05) is 0 Å². The standard InChI is InChI=1S/C56H43N/c1-41(20-8-9-25-44-38-45-26-10-12-30-50(45)53-33-15-14-32-51(44)53)57(37-19-36-49(42-21-4-2-5-22-42)43-23-6-3-7-24-43)48-29-18-28-46(39-48)56-40-47-27-11-13-31-52(47)54-34-16-17-35-55(54)56/h2-35,37-40,49H,1,36H2/b20-8-,25-9+,37-19+. The highest BCUT2D eigenvalue weighted by atomic mass is 15.1. The molecule has 0 aliphatic carbocycles. The van der Waals surface area contributed by atoms with E-state index in [-0.39, 0.29) is 5.92 Å². The van der Waals surface area contributed by atoms with Crippen molar-refractivity contribution in [2.75, 3.05) is 4.90 Å². The van der Waals surface area contributed by atoms with E-state index < -0.39 is 0 Å². The Labute approximate surface area is 335 Å². The molecule has 0 N–H and O–H groups in total. The third kappa shape index (κ3) is 7.44. The second-order valence-corrected chi connectivity index (χ2v) is 14.5. The molecular formula is C56H43N. The van der Waals surface area contributed by atoms with Gasteiger partial charge in [-0.1, -0.05) is 201 Å². The maximum Gasteiger partial charge on any atom is 0.0461 e. The van der Waals surface area contributed by atoms with Crippen molar-refractivity contribution in [1.82, 2.24) is 0 Å². The Kier molecular flexibility index (Phi) is 10.1. The summed E-state index contributed by atoms with van der Waals surface area (Å²) in [4.78, 5) is 2.22. The maximum absolute atomic E-state index is 4.63. The number of hydrogen-bond acceptors (Lipinski definition) is 1. The summed E-state index contributed by atoms with van der Waals surface area (Å²) in [6.07, 6.45) is 13.9. The highest BCUT2D eigenvalue weighted by molar-refractivity contribution is 6.14. The first kappa shape index (κ1) is 35.5. The Morgan fingerprint density at radius 2 is 1.04 bits per heavy atom. The van der Waals surface area contributed by atoms with Crippen molar-refractivity contribution >= 4 is 54.9 Å². The van der Waals surface area contributed by atoms with Crippen LogP contribution in [0, 0.1) is 0 Å². The number of rotatable bonds is 11. The Hall–Kier alpha value is -7.22. The lowest BCUT2D eigenvalue weighted by Gasteiger charge is -2.23. The first-order valence-electron chi connectivity index (χ1n) is 19.7. The van der Waals surface area contributed by atoms with Crippen molar-refractivity contribution in [1.29, 1.82) is 0 Å². The normalized spacial score (nSPS) is 11.9. The second kappa shape index (κ2) is 16.3. The Morgan fingerprint density at radius 3 is 1.70 bits per heavy atom. The molecule has 0 aromatic heterocycles. The molecule has 0 aliphatic heterocycles. The monoisotopic (exact) mass is 729 g/mol. The molecule has 0 aliphatic rings. The van der Waals surface area contributed by atoms with Gasteiger partial charge in [0.15, 0.2) is 0 Å². The number of nitrogens with zero attached hydrogens (tertiary/aromatic N) is 1. The van der Waals surface area contributed by atoms with Crippen LogP contribution in [-0.4, -0.2) is 0 Å². The van der Waals surface area contributed by atoms with E-state index in [9.17, 15) is 0 Å². The minimum atomic E-state index is 0.226. The summed E-state index contributed by atoms with van der Waals surface area (Å²) in [5.74, 6) is 0.226. The van der Waals surface area contributed by atoms with Crippen LogP contribution < -0.4 is 4.90 Å². The highest BCUT2D eigenvalue weighted by Crippen LogP contribution is 2.37. The minimum absolute atomic E-state index is 0.226. The lowest BCUT2D eigenvalue weighted by atomic mass is 9.88. The van der Waals surface area contributed by atoms with Crippen LogP contribution in [0.25, 0.3) is 60.3 Å². The molecule has 0 saturated carbocycles. The fourth-order valence-electron chi connectivity index (χ4n) is 8.23. The van der Waals surface area contributed by atoms with Crippen molar-refractivity contribution in [3.8, 4) is 11.1 Å². The summed E-state index contributed by atoms with van der Waals surface area (Å²) in [6, 6.07) is 69.8. The molecule has 9 rings (SSSR count). The number of hydrogen-bond donors (Lipinski definition) is 0. The average Bonchev–Trinajstić information content (AvgIpc) is 3.28. The highest BCUT2D eigenvalue weighted by Gasteiger charge is 2.15. The van der Waals surface area contributed by atoms with Gasteiger partial charge in [0.1, 0.15) is 0 Å². The minimum Gasteiger partial charge on any atom is -0.318 e. The number of allylic oxidation sites excluding steroid dienone is 4. The summed E-state index contributed by atoms with van der Waals surface area (Å²) in [5.41, 5.74) is 8.10. The lowest BCUT2D eigenvalue weighted by molar-refractivity contribution is 0.827. The van der Waals surface area contributed by atoms with Gasteiger partial charge < -0.3 is 4.90 Å². The summed E-state index contributed by atoms with van der Waals surface area (Å²) in [5, 5.41) is 10.0. The molecule has 0 bridgehead atoms. The summed E-state index contributed by atoms with van der Waals surface area (Å²) < 4.78 is 0. The van der Waals surface area contributed by atoms with Crippen LogP contribution in [0.5, 0.6) is 0 Å². The van der Waals surface area contributed by atoms with E-state index in [2.05, 4.69) is 242 Å². The molecule has 0 radical (unpaired) electrons. The molecule has 1 nitrogen and oxygen atoms in total. The van der Waals surface area contributed by atoms with Gasteiger partial charge in [-0.05, 0) is 108 Å². The molecule has 0 amide bonds. The number of anilines is 1. The van der Waals surface area contributed by atoms with Crippen molar-refractivity contribution in [2.45, 2.75) is 12.3 Å². The van der Waals surface area contributed by atoms with Crippen LogP contribution in [0.15, 0.2) is 237 Å². The molecule has 57 heavy (non-hydrogen) atoms. The zero-order valence-electron chi connectivity index (χ0n) is 31.9. The van der Waals surface area contributed by atoms with Gasteiger partial charge in [-0.2, -0.15) is 0 Å². The Bertz CT molecular complexity index is 2910. The van der Waals surface area contributed by atoms with Gasteiger partial charge >= 0.3 is 0 Å². The maximum atomic E-state index is 4.63. The predicted octanol–water partition coefficient (Wildman–Crippen LogP) is 15.3. The quantitative estimate of drug-likeness (QED) is 0.0946. The van der Waals surface area contributed by atoms with Crippen molar-refractivity contribution in [3.63, 3.8) is 0 Å². The summed E-state index contributed by atoms with van der Waals surface area (Å²) in [7, 11) is 0. The molecule has 0 saturated heterocycles. The molecule has 0 fully saturated rings. The predicted molar refractivity (Wildman–Crippen MR) is 247 cm³/mol. The molecule has 272 valence electrons. The van der Waals surface area contributed by atoms with Crippen molar-refractivity contribution in [2.24, 2.45) is 0 Å². The molecule has 0 atom stereocenters. The zero-order chi connectivity index (χ0) is 38.4. The molecule has 0 spiro atoms. The van der Waals surface area contributed by atoms with E-state index in [4.69, 9.17) is 0 Å². The molecule has 1 heteroatoms. The van der Waals surface area contributed by atoms with Crippen molar-refractivity contribution in [3.05, 3.63) is 254 Å². The van der Waals surface area contributed by atoms with Gasteiger partial charge in [-0.15, -0.1) is 0 Å². The zero-order valence-corrected chi connectivity index (χ0v) is 31.9. The van der Waals surface area contributed by atoms with E-state index in [1.54, 1.807) is 0 Å². The largest absolute Gasteiger partial charge is 0.318 e. The van der Waals surface area contributed by atoms with Gasteiger partial charge in [-0.25, -0.2) is 0 Å². The molecule has 9 aromatic rings. The van der Waals surface area contributed by atoms with Crippen LogP contribution in [0.2, 0.25) is 0 Å². The fraction of sp³-hybridized carbons (Fsp3) is 0.0357. The van der Waals surface area contributed by atoms with Crippen LogP contribution in [-0.2, 0) is 0 Å². The van der Waals surface area contributed by atoms with Crippen LogP contribution in [0.1, 0.15) is 29.0 Å². The molecule has 0 heterocycles. The summed E-state index contributed by atoms with van der Waals surface area (Å²) >= 11 is 0. The SMILES string of the molecule is C=C(/C=C\C=C\c1cc2ccccc2c2ccccc12)N(/C=C/CC(c1ccccc1)c1ccccc1)c1cccc(-c2cc3ccccc3c3ccccc23)c1.